The number of carboxylic acids is 1. The number of carbonyl (C=O) groups is 1. The van der Waals surface area contributed by atoms with Crippen LogP contribution in [0.5, 0.6) is 0 Å². The van der Waals surface area contributed by atoms with Gasteiger partial charge < -0.3 is 5.11 Å². The summed E-state index contributed by atoms with van der Waals surface area (Å²) in [6.07, 6.45) is 4.36. The average molecular weight is 494 g/mol. The van der Waals surface area contributed by atoms with Crippen molar-refractivity contribution in [2.45, 2.75) is 65.2 Å². The minimum Gasteiger partial charge on any atom is -0.481 e. The van der Waals surface area contributed by atoms with Crippen LogP contribution in [0.1, 0.15) is 58.1 Å². The molecule has 1 aliphatic rings. The van der Waals surface area contributed by atoms with Crippen molar-refractivity contribution >= 4 is 26.9 Å². The molecule has 0 unspecified atom stereocenters. The fourth-order valence-corrected chi connectivity index (χ4v) is 7.23. The number of hydrogen-bond acceptors (Lipinski definition) is 3. The SMILES string of the molecule is CC(C)=C1CC[C@@H](C)[C@@](C)(Cc2cn(S(=O)(=O)c3ccc(C)cc3)c3ccccc23)[C@@H]1CC(=O)O. The Bertz CT molecular complexity index is 1390. The maximum absolute atomic E-state index is 13.6. The molecule has 35 heavy (non-hydrogen) atoms. The second-order valence-corrected chi connectivity index (χ2v) is 12.4. The Hall–Kier alpha value is -2.86. The fraction of sp³-hybridized carbons (Fsp3) is 0.414. The Balaban J connectivity index is 1.85. The quantitative estimate of drug-likeness (QED) is 0.393. The first kappa shape index (κ1) is 25.2. The number of para-hydroxylation sites is 1. The van der Waals surface area contributed by atoms with Gasteiger partial charge >= 0.3 is 5.97 Å². The van der Waals surface area contributed by atoms with Crippen LogP contribution in [0.2, 0.25) is 0 Å². The van der Waals surface area contributed by atoms with Crippen LogP contribution in [0, 0.1) is 24.2 Å². The summed E-state index contributed by atoms with van der Waals surface area (Å²) >= 11 is 0. The summed E-state index contributed by atoms with van der Waals surface area (Å²) in [5.41, 5.74) is 4.71. The molecule has 1 aromatic heterocycles. The van der Waals surface area contributed by atoms with Crippen molar-refractivity contribution in [3.05, 3.63) is 77.0 Å². The predicted octanol–water partition coefficient (Wildman–Crippen LogP) is 6.59. The summed E-state index contributed by atoms with van der Waals surface area (Å²) in [4.78, 5) is 12.2. The Morgan fingerprint density at radius 2 is 1.77 bits per heavy atom. The number of fused-ring (bicyclic) bond motifs is 1. The molecule has 1 heterocycles. The lowest BCUT2D eigenvalue weighted by atomic mass is 9.56. The minimum atomic E-state index is -3.78. The van der Waals surface area contributed by atoms with Gasteiger partial charge in [-0.15, -0.1) is 0 Å². The van der Waals surface area contributed by atoms with Crippen molar-refractivity contribution in [1.82, 2.24) is 3.97 Å². The number of carboxylic acid groups (broad SMARTS) is 1. The molecule has 5 nitrogen and oxygen atoms in total. The molecule has 0 bridgehead atoms. The third kappa shape index (κ3) is 4.56. The number of benzene rings is 2. The first-order valence-corrected chi connectivity index (χ1v) is 13.7. The number of hydrogen-bond donors (Lipinski definition) is 1. The molecule has 0 aliphatic heterocycles. The van der Waals surface area contributed by atoms with E-state index >= 15 is 0 Å². The van der Waals surface area contributed by atoms with Crippen LogP contribution in [-0.2, 0) is 21.2 Å². The van der Waals surface area contributed by atoms with Gasteiger partial charge in [-0.25, -0.2) is 12.4 Å². The van der Waals surface area contributed by atoms with E-state index in [2.05, 4.69) is 27.7 Å². The van der Waals surface area contributed by atoms with Crippen molar-refractivity contribution in [3.63, 3.8) is 0 Å². The molecule has 1 saturated carbocycles. The molecule has 6 heteroatoms. The number of aromatic nitrogens is 1. The molecule has 3 atom stereocenters. The molecule has 0 saturated heterocycles. The van der Waals surface area contributed by atoms with Crippen LogP contribution in [0.3, 0.4) is 0 Å². The fourth-order valence-electron chi connectivity index (χ4n) is 5.84. The van der Waals surface area contributed by atoms with Gasteiger partial charge in [0.1, 0.15) is 0 Å². The first-order valence-electron chi connectivity index (χ1n) is 12.2. The van der Waals surface area contributed by atoms with Crippen molar-refractivity contribution in [3.8, 4) is 0 Å². The summed E-state index contributed by atoms with van der Waals surface area (Å²) in [5, 5.41) is 10.7. The topological polar surface area (TPSA) is 76.4 Å². The molecule has 0 amide bonds. The molecule has 1 fully saturated rings. The van der Waals surface area contributed by atoms with Gasteiger partial charge in [-0.1, -0.05) is 60.9 Å². The van der Waals surface area contributed by atoms with Gasteiger partial charge in [0, 0.05) is 11.6 Å². The summed E-state index contributed by atoms with van der Waals surface area (Å²) in [6.45, 7) is 10.5. The van der Waals surface area contributed by atoms with Crippen LogP contribution in [0.4, 0.5) is 0 Å². The van der Waals surface area contributed by atoms with E-state index in [9.17, 15) is 18.3 Å². The molecule has 0 spiro atoms. The summed E-state index contributed by atoms with van der Waals surface area (Å²) in [5.74, 6) is -0.589. The van der Waals surface area contributed by atoms with Gasteiger partial charge in [0.2, 0.25) is 0 Å². The van der Waals surface area contributed by atoms with E-state index in [4.69, 9.17) is 0 Å². The van der Waals surface area contributed by atoms with Crippen LogP contribution in [-0.4, -0.2) is 23.5 Å². The zero-order valence-electron chi connectivity index (χ0n) is 21.2. The first-order chi connectivity index (χ1) is 16.4. The number of rotatable bonds is 6. The number of allylic oxidation sites excluding steroid dienone is 2. The van der Waals surface area contributed by atoms with Gasteiger partial charge in [-0.2, -0.15) is 0 Å². The van der Waals surface area contributed by atoms with Crippen LogP contribution < -0.4 is 0 Å². The minimum absolute atomic E-state index is 0.0850. The normalized spacial score (nSPS) is 22.9. The molecule has 4 rings (SSSR count). The smallest absolute Gasteiger partial charge is 0.303 e. The van der Waals surface area contributed by atoms with Gasteiger partial charge in [-0.05, 0) is 81.0 Å². The number of aryl methyl sites for hydroxylation is 1. The molecular weight excluding hydrogens is 458 g/mol. The third-order valence-electron chi connectivity index (χ3n) is 8.12. The van der Waals surface area contributed by atoms with E-state index in [-0.39, 0.29) is 22.6 Å². The lowest BCUT2D eigenvalue weighted by molar-refractivity contribution is -0.139. The molecule has 2 aromatic carbocycles. The van der Waals surface area contributed by atoms with Gasteiger partial charge in [0.25, 0.3) is 10.0 Å². The Morgan fingerprint density at radius 3 is 2.40 bits per heavy atom. The summed E-state index contributed by atoms with van der Waals surface area (Å²) in [6, 6.07) is 14.5. The highest BCUT2D eigenvalue weighted by Crippen LogP contribution is 2.52. The number of nitrogens with zero attached hydrogens (tertiary/aromatic N) is 1. The Morgan fingerprint density at radius 1 is 1.11 bits per heavy atom. The van der Waals surface area contributed by atoms with Crippen molar-refractivity contribution in [2.75, 3.05) is 0 Å². The van der Waals surface area contributed by atoms with E-state index in [1.807, 2.05) is 43.3 Å². The van der Waals surface area contributed by atoms with E-state index in [0.29, 0.717) is 17.9 Å². The summed E-state index contributed by atoms with van der Waals surface area (Å²) in [7, 11) is -3.78. The molecule has 186 valence electrons. The molecule has 1 aliphatic carbocycles. The molecule has 0 radical (unpaired) electrons. The van der Waals surface area contributed by atoms with Gasteiger partial charge in [0.05, 0.1) is 16.8 Å². The van der Waals surface area contributed by atoms with Gasteiger partial charge in [0.15, 0.2) is 0 Å². The van der Waals surface area contributed by atoms with Crippen molar-refractivity contribution in [1.29, 1.82) is 0 Å². The van der Waals surface area contributed by atoms with E-state index in [0.717, 1.165) is 29.4 Å². The monoisotopic (exact) mass is 493 g/mol. The third-order valence-corrected chi connectivity index (χ3v) is 9.81. The predicted molar refractivity (Wildman–Crippen MR) is 140 cm³/mol. The standard InChI is InChI=1S/C29H35NO4S/c1-19(2)24-15-12-21(4)29(5,26(24)16-28(31)32)17-22-18-30(27-9-7-6-8-25(22)27)35(33,34)23-13-10-20(3)11-14-23/h6-11,13-14,18,21,26H,12,15-17H2,1-5H3,(H,31,32)/t21-,26-,29-/m1/s1. The summed E-state index contributed by atoms with van der Waals surface area (Å²) < 4.78 is 28.7. The van der Waals surface area contributed by atoms with Gasteiger partial charge in [-0.3, -0.25) is 4.79 Å². The van der Waals surface area contributed by atoms with Crippen LogP contribution in [0.15, 0.2) is 70.8 Å². The van der Waals surface area contributed by atoms with Crippen molar-refractivity contribution < 1.29 is 18.3 Å². The van der Waals surface area contributed by atoms with Crippen LogP contribution in [0.25, 0.3) is 10.9 Å². The Labute approximate surface area is 208 Å². The van der Waals surface area contributed by atoms with E-state index in [1.54, 1.807) is 18.3 Å². The Kier molecular flexibility index (Phi) is 6.71. The molecule has 1 N–H and O–H groups in total. The molecule has 3 aromatic rings. The highest BCUT2D eigenvalue weighted by Gasteiger charge is 2.45. The maximum atomic E-state index is 13.6. The van der Waals surface area contributed by atoms with E-state index in [1.165, 1.54) is 15.1 Å². The lowest BCUT2D eigenvalue weighted by Crippen LogP contribution is -2.42. The zero-order chi connectivity index (χ0) is 25.5. The highest BCUT2D eigenvalue weighted by molar-refractivity contribution is 7.90. The maximum Gasteiger partial charge on any atom is 0.303 e. The highest BCUT2D eigenvalue weighted by atomic mass is 32.2. The number of aliphatic carboxylic acids is 1. The largest absolute Gasteiger partial charge is 0.481 e. The molecular formula is C29H35NO4S. The van der Waals surface area contributed by atoms with Crippen LogP contribution >= 0.6 is 0 Å². The second kappa shape index (κ2) is 9.30. The van der Waals surface area contributed by atoms with Crippen molar-refractivity contribution in [2.24, 2.45) is 17.3 Å². The second-order valence-electron chi connectivity index (χ2n) is 10.6. The average Bonchev–Trinajstić information content (AvgIpc) is 3.16. The lowest BCUT2D eigenvalue weighted by Gasteiger charge is -2.48. The van der Waals surface area contributed by atoms with E-state index < -0.39 is 16.0 Å². The zero-order valence-corrected chi connectivity index (χ0v) is 22.0.